The van der Waals surface area contributed by atoms with E-state index in [0.717, 1.165) is 69.8 Å². The van der Waals surface area contributed by atoms with Crippen LogP contribution in [0, 0.1) is 0 Å². The normalized spacial score (nSPS) is 14.1. The summed E-state index contributed by atoms with van der Waals surface area (Å²) < 4.78 is 79.8. The van der Waals surface area contributed by atoms with E-state index in [4.69, 9.17) is 8.83 Å². The second-order valence-corrected chi connectivity index (χ2v) is 17.3. The maximum Gasteiger partial charge on any atom is 0.351 e. The third-order valence-electron chi connectivity index (χ3n) is 9.92. The molecule has 0 aliphatic carbocycles. The van der Waals surface area contributed by atoms with Crippen LogP contribution in [0.2, 0.25) is 0 Å². The molecule has 0 amide bonds. The molecule has 1 aliphatic heterocycles. The van der Waals surface area contributed by atoms with Crippen LogP contribution in [-0.2, 0) is 25.7 Å². The van der Waals surface area contributed by atoms with Gasteiger partial charge in [-0.2, -0.15) is 16.8 Å². The molecule has 0 bridgehead atoms. The van der Waals surface area contributed by atoms with E-state index in [0.29, 0.717) is 22.3 Å². The summed E-state index contributed by atoms with van der Waals surface area (Å²) in [5.74, 6) is -1.88. The first kappa shape index (κ1) is 40.8. The minimum atomic E-state index is -4.56. The highest BCUT2D eigenvalue weighted by molar-refractivity contribution is 7.86. The van der Waals surface area contributed by atoms with Crippen LogP contribution in [0.5, 0.6) is 11.7 Å². The third kappa shape index (κ3) is 8.93. The Hall–Kier alpha value is -4.40. The Morgan fingerprint density at radius 3 is 2.15 bits per heavy atom. The molecule has 2 aromatic carbocycles. The predicted molar refractivity (Wildman–Crippen MR) is 208 cm³/mol. The van der Waals surface area contributed by atoms with Gasteiger partial charge in [0.05, 0.1) is 27.8 Å². The Bertz CT molecular complexity index is 2460. The monoisotopic (exact) mass is 785 g/mol. The van der Waals surface area contributed by atoms with Crippen LogP contribution < -0.4 is 20.5 Å². The van der Waals surface area contributed by atoms with Crippen molar-refractivity contribution >= 4 is 53.9 Å². The van der Waals surface area contributed by atoms with E-state index in [1.54, 1.807) is 30.9 Å². The van der Waals surface area contributed by atoms with E-state index < -0.39 is 48.7 Å². The average molecular weight is 786 g/mol. The molecular formula is C39H49N2O11S2+. The van der Waals surface area contributed by atoms with E-state index in [-0.39, 0.29) is 40.0 Å². The minimum Gasteiger partial charge on any atom is -0.506 e. The lowest BCUT2D eigenvalue weighted by Crippen LogP contribution is -2.31. The summed E-state index contributed by atoms with van der Waals surface area (Å²) in [7, 11) is -8.85. The van der Waals surface area contributed by atoms with E-state index in [1.165, 1.54) is 24.3 Å². The highest BCUT2D eigenvalue weighted by atomic mass is 32.2. The number of hydrogen-bond acceptors (Lipinski definition) is 10. The molecule has 0 spiro atoms. The van der Waals surface area contributed by atoms with E-state index >= 15 is 0 Å². The molecule has 15 heteroatoms. The molecule has 3 heterocycles. The van der Waals surface area contributed by atoms with Crippen molar-refractivity contribution in [1.29, 1.82) is 0 Å². The van der Waals surface area contributed by atoms with Crippen LogP contribution in [0.3, 0.4) is 0 Å². The summed E-state index contributed by atoms with van der Waals surface area (Å²) in [6, 6.07) is 9.40. The standard InChI is InChI=1S/C39H48N2O11S2/c1-5-7-9-11-20-40(21-12-10-8-6-2)26-14-16-28-32(24-26)51-38(44)34-35(42)29(37(43)52-36(28)34)17-19-33-39(3,4)30-25-27(54(48,49)50)15-18-31(30)41(33)22-13-23-53(45,46)47/h14-18,24-25H,5-13,20-23H2,1-4H3,(H3,42,43,45,46,47,48,49,50)/p+1. The summed E-state index contributed by atoms with van der Waals surface area (Å²) in [5.41, 5.74) is 2.36. The zero-order valence-electron chi connectivity index (χ0n) is 31.1. The van der Waals surface area contributed by atoms with Crippen LogP contribution in [0.1, 0.15) is 96.6 Å². The van der Waals surface area contributed by atoms with Crippen molar-refractivity contribution in [1.82, 2.24) is 4.58 Å². The Morgan fingerprint density at radius 2 is 1.54 bits per heavy atom. The van der Waals surface area contributed by atoms with Gasteiger partial charge in [-0.05, 0) is 62.9 Å². The lowest BCUT2D eigenvalue weighted by Gasteiger charge is -2.25. The predicted octanol–water partition coefficient (Wildman–Crippen LogP) is 6.70. The SMILES string of the molecule is CCCCCC[N+](CCCCCC)=c1ccc2c(c1)oc(=O)c1c(O)c(C=C=C3N(CCCS(=O)(=O)O)c4ccc(S(=O)(=O)O)cc4C3(C)C)c(O)oc12. The summed E-state index contributed by atoms with van der Waals surface area (Å²) in [6.45, 7) is 9.59. The molecule has 13 nitrogen and oxygen atoms in total. The van der Waals surface area contributed by atoms with Gasteiger partial charge in [-0.3, -0.25) is 9.11 Å². The van der Waals surface area contributed by atoms with Gasteiger partial charge in [0, 0.05) is 42.6 Å². The lowest BCUT2D eigenvalue weighted by molar-refractivity contribution is 0.333. The number of fused-ring (bicyclic) bond motifs is 4. The number of nitrogens with zero attached hydrogens (tertiary/aromatic N) is 2. The van der Waals surface area contributed by atoms with Crippen LogP contribution >= 0.6 is 0 Å². The van der Waals surface area contributed by atoms with Crippen molar-refractivity contribution in [3.63, 3.8) is 0 Å². The molecule has 0 saturated heterocycles. The first-order valence-corrected chi connectivity index (χ1v) is 21.4. The molecule has 4 aromatic rings. The van der Waals surface area contributed by atoms with Gasteiger partial charge in [0.15, 0.2) is 5.58 Å². The fourth-order valence-corrected chi connectivity index (χ4v) is 8.05. The van der Waals surface area contributed by atoms with Crippen molar-refractivity contribution in [2.75, 3.05) is 30.3 Å². The number of aromatic hydroxyl groups is 2. The summed E-state index contributed by atoms with van der Waals surface area (Å²) in [4.78, 5) is 14.8. The molecular weight excluding hydrogens is 737 g/mol. The van der Waals surface area contributed by atoms with Crippen molar-refractivity contribution < 1.29 is 45.0 Å². The number of anilines is 1. The van der Waals surface area contributed by atoms with Crippen molar-refractivity contribution in [2.24, 2.45) is 0 Å². The Balaban J connectivity index is 1.62. The Kier molecular flexibility index (Phi) is 12.5. The second-order valence-electron chi connectivity index (χ2n) is 14.3. The maximum atomic E-state index is 13.5. The molecule has 0 saturated carbocycles. The number of rotatable bonds is 16. The maximum absolute atomic E-state index is 13.5. The van der Waals surface area contributed by atoms with Gasteiger partial charge < -0.3 is 23.9 Å². The van der Waals surface area contributed by atoms with Gasteiger partial charge in [0.2, 0.25) is 5.36 Å². The average Bonchev–Trinajstić information content (AvgIpc) is 3.30. The zero-order chi connectivity index (χ0) is 39.4. The highest BCUT2D eigenvalue weighted by Crippen LogP contribution is 2.48. The number of benzene rings is 2. The molecule has 5 rings (SSSR count). The van der Waals surface area contributed by atoms with E-state index in [2.05, 4.69) is 24.2 Å². The molecule has 54 heavy (non-hydrogen) atoms. The molecule has 0 radical (unpaired) electrons. The summed E-state index contributed by atoms with van der Waals surface area (Å²) in [5, 5.41) is 23.5. The zero-order valence-corrected chi connectivity index (χ0v) is 32.7. The van der Waals surface area contributed by atoms with Gasteiger partial charge in [-0.1, -0.05) is 45.3 Å². The van der Waals surface area contributed by atoms with Crippen LogP contribution in [0.4, 0.5) is 5.69 Å². The quantitative estimate of drug-likeness (QED) is 0.0234. The van der Waals surface area contributed by atoms with Gasteiger partial charge >= 0.3 is 5.63 Å². The van der Waals surface area contributed by atoms with Gasteiger partial charge in [0.25, 0.3) is 26.2 Å². The van der Waals surface area contributed by atoms with Gasteiger partial charge in [0.1, 0.15) is 35.4 Å². The van der Waals surface area contributed by atoms with E-state index in [1.807, 2.05) is 6.07 Å². The molecule has 1 aliphatic rings. The number of unbranched alkanes of at least 4 members (excludes halogenated alkanes) is 6. The van der Waals surface area contributed by atoms with Crippen molar-refractivity contribution in [3.8, 4) is 11.7 Å². The fraction of sp³-hybridized carbons (Fsp3) is 0.462. The van der Waals surface area contributed by atoms with Gasteiger partial charge in [-0.15, -0.1) is 0 Å². The number of hydrogen-bond donors (Lipinski definition) is 4. The highest BCUT2D eigenvalue weighted by Gasteiger charge is 2.41. The smallest absolute Gasteiger partial charge is 0.351 e. The lowest BCUT2D eigenvalue weighted by atomic mass is 9.84. The first-order chi connectivity index (χ1) is 25.5. The molecule has 2 aromatic heterocycles. The van der Waals surface area contributed by atoms with Gasteiger partial charge in [-0.25, -0.2) is 9.37 Å². The minimum absolute atomic E-state index is 0.0211. The Labute approximate surface area is 315 Å². The van der Waals surface area contributed by atoms with Crippen molar-refractivity contribution in [2.45, 2.75) is 95.8 Å². The first-order valence-electron chi connectivity index (χ1n) is 18.3. The fourth-order valence-electron chi connectivity index (χ4n) is 7.05. The molecule has 4 N–H and O–H groups in total. The summed E-state index contributed by atoms with van der Waals surface area (Å²) >= 11 is 0. The van der Waals surface area contributed by atoms with Crippen LogP contribution in [0.25, 0.3) is 28.0 Å². The summed E-state index contributed by atoms with van der Waals surface area (Å²) in [6.07, 6.45) is 10.1. The van der Waals surface area contributed by atoms with Crippen molar-refractivity contribution in [3.05, 3.63) is 74.7 Å². The Morgan fingerprint density at radius 1 is 0.870 bits per heavy atom. The molecule has 0 fully saturated rings. The second kappa shape index (κ2) is 16.5. The third-order valence-corrected chi connectivity index (χ3v) is 11.6. The largest absolute Gasteiger partial charge is 0.506 e. The molecule has 0 unspecified atom stereocenters. The van der Waals surface area contributed by atoms with E-state index in [9.17, 15) is 40.9 Å². The molecule has 0 atom stereocenters. The topological polar surface area (TPSA) is 199 Å². The number of allylic oxidation sites excluding steroid dienone is 1. The van der Waals surface area contributed by atoms with Crippen LogP contribution in [-0.4, -0.2) is 61.5 Å². The molecule has 292 valence electrons. The van der Waals surface area contributed by atoms with Crippen LogP contribution in [0.15, 0.2) is 66.4 Å².